The van der Waals surface area contributed by atoms with Gasteiger partial charge in [0.1, 0.15) is 23.7 Å². The first-order chi connectivity index (χ1) is 13.8. The highest BCUT2D eigenvalue weighted by Gasteiger charge is 2.32. The Bertz CT molecular complexity index is 1030. The number of carbonyl (C=O) groups excluding carboxylic acids is 1. The zero-order valence-electron chi connectivity index (χ0n) is 17.2. The molecular weight excluding hydrogens is 437 g/mol. The average molecular weight is 463 g/mol. The lowest BCUT2D eigenvalue weighted by molar-refractivity contribution is 0.0532. The van der Waals surface area contributed by atoms with E-state index in [0.29, 0.717) is 28.0 Å². The molecule has 30 heavy (non-hydrogen) atoms. The van der Waals surface area contributed by atoms with Gasteiger partial charge in [0, 0.05) is 24.2 Å². The van der Waals surface area contributed by atoms with Crippen LogP contribution in [0.5, 0.6) is 11.5 Å². The lowest BCUT2D eigenvalue weighted by atomic mass is 9.95. The third-order valence-electron chi connectivity index (χ3n) is 4.84. The molecule has 0 saturated heterocycles. The molecule has 0 radical (unpaired) electrons. The second-order valence-corrected chi connectivity index (χ2v) is 10.9. The van der Waals surface area contributed by atoms with E-state index in [9.17, 15) is 22.9 Å². The molecule has 2 rings (SSSR count). The molecule has 1 aromatic rings. The van der Waals surface area contributed by atoms with Crippen molar-refractivity contribution in [2.75, 3.05) is 32.6 Å². The SMILES string of the molecule is COc1c(C)c2c(c(O)c1C/C=C(\C)CN(CCP(=O)(O)O)S(C)(=O)=O)C(=O)OC2. The number of ether oxygens (including phenoxy) is 2. The number of benzene rings is 1. The summed E-state index contributed by atoms with van der Waals surface area (Å²) < 4.78 is 46.4. The fourth-order valence-corrected chi connectivity index (χ4v) is 4.75. The van der Waals surface area contributed by atoms with Crippen LogP contribution in [-0.2, 0) is 32.4 Å². The smallest absolute Gasteiger partial charge is 0.342 e. The van der Waals surface area contributed by atoms with Crippen molar-refractivity contribution in [1.29, 1.82) is 0 Å². The summed E-state index contributed by atoms with van der Waals surface area (Å²) >= 11 is 0. The minimum absolute atomic E-state index is 0.0575. The molecule has 168 valence electrons. The zero-order valence-corrected chi connectivity index (χ0v) is 18.9. The van der Waals surface area contributed by atoms with E-state index in [1.54, 1.807) is 19.9 Å². The van der Waals surface area contributed by atoms with E-state index in [0.717, 1.165) is 10.6 Å². The minimum atomic E-state index is -4.35. The van der Waals surface area contributed by atoms with Crippen LogP contribution < -0.4 is 4.74 Å². The van der Waals surface area contributed by atoms with Crippen molar-refractivity contribution in [2.24, 2.45) is 0 Å². The Labute approximate surface area is 175 Å². The van der Waals surface area contributed by atoms with Crippen molar-refractivity contribution >= 4 is 23.6 Å². The summed E-state index contributed by atoms with van der Waals surface area (Å²) in [7, 11) is -6.60. The van der Waals surface area contributed by atoms with Crippen LogP contribution in [0.3, 0.4) is 0 Å². The van der Waals surface area contributed by atoms with Gasteiger partial charge in [-0.1, -0.05) is 11.6 Å². The van der Waals surface area contributed by atoms with E-state index >= 15 is 0 Å². The highest BCUT2D eigenvalue weighted by atomic mass is 32.2. The highest BCUT2D eigenvalue weighted by Crippen LogP contribution is 2.42. The van der Waals surface area contributed by atoms with Crippen LogP contribution in [0, 0.1) is 6.92 Å². The van der Waals surface area contributed by atoms with Gasteiger partial charge < -0.3 is 24.4 Å². The molecule has 0 spiro atoms. The number of sulfonamides is 1. The predicted molar refractivity (Wildman–Crippen MR) is 109 cm³/mol. The maximum absolute atomic E-state index is 12.0. The molecule has 1 aliphatic rings. The lowest BCUT2D eigenvalue weighted by Gasteiger charge is -2.21. The number of phenolic OH excluding ortho intramolecular Hbond substituents is 1. The molecule has 1 aromatic carbocycles. The summed E-state index contributed by atoms with van der Waals surface area (Å²) in [4.78, 5) is 30.0. The molecule has 10 nitrogen and oxygen atoms in total. The van der Waals surface area contributed by atoms with Gasteiger partial charge in [-0.3, -0.25) is 4.57 Å². The van der Waals surface area contributed by atoms with Gasteiger partial charge in [0.2, 0.25) is 10.0 Å². The molecule has 0 atom stereocenters. The Hall–Kier alpha value is -1.91. The molecule has 3 N–H and O–H groups in total. The topological polar surface area (TPSA) is 151 Å². The van der Waals surface area contributed by atoms with E-state index in [1.165, 1.54) is 7.11 Å². The molecule has 0 aromatic heterocycles. The van der Waals surface area contributed by atoms with E-state index in [4.69, 9.17) is 19.3 Å². The molecule has 1 heterocycles. The van der Waals surface area contributed by atoms with Crippen LogP contribution in [0.4, 0.5) is 0 Å². The number of fused-ring (bicyclic) bond motifs is 1. The Balaban J connectivity index is 2.30. The fraction of sp³-hybridized carbons (Fsp3) is 0.500. The van der Waals surface area contributed by atoms with Crippen LogP contribution >= 0.6 is 7.60 Å². The summed E-state index contributed by atoms with van der Waals surface area (Å²) in [5.74, 6) is -0.438. The number of methoxy groups -OCH3 is 1. The van der Waals surface area contributed by atoms with Crippen LogP contribution in [0.15, 0.2) is 11.6 Å². The van der Waals surface area contributed by atoms with Crippen molar-refractivity contribution in [3.63, 3.8) is 0 Å². The number of hydrogen-bond acceptors (Lipinski definition) is 7. The summed E-state index contributed by atoms with van der Waals surface area (Å²) in [5, 5.41) is 10.6. The summed E-state index contributed by atoms with van der Waals surface area (Å²) in [6, 6.07) is 0. The van der Waals surface area contributed by atoms with E-state index < -0.39 is 29.8 Å². The Kier molecular flexibility index (Phi) is 7.36. The van der Waals surface area contributed by atoms with Gasteiger partial charge in [0.15, 0.2) is 0 Å². The summed E-state index contributed by atoms with van der Waals surface area (Å²) in [5.41, 5.74) is 2.31. The van der Waals surface area contributed by atoms with E-state index in [-0.39, 0.29) is 37.4 Å². The molecule has 0 amide bonds. The molecule has 0 saturated carbocycles. The maximum atomic E-state index is 12.0. The van der Waals surface area contributed by atoms with Crippen molar-refractivity contribution in [3.05, 3.63) is 33.9 Å². The molecule has 0 unspecified atom stereocenters. The molecule has 12 heteroatoms. The first-order valence-electron chi connectivity index (χ1n) is 9.00. The van der Waals surface area contributed by atoms with Crippen molar-refractivity contribution in [1.82, 2.24) is 4.31 Å². The van der Waals surface area contributed by atoms with Crippen LogP contribution in [0.1, 0.15) is 34.0 Å². The number of phenols is 1. The largest absolute Gasteiger partial charge is 0.507 e. The number of aromatic hydroxyl groups is 1. The Morgan fingerprint density at radius 1 is 1.37 bits per heavy atom. The second kappa shape index (κ2) is 9.07. The van der Waals surface area contributed by atoms with Crippen LogP contribution in [-0.4, -0.2) is 66.2 Å². The number of nitrogens with zero attached hydrogens (tertiary/aromatic N) is 1. The minimum Gasteiger partial charge on any atom is -0.507 e. The van der Waals surface area contributed by atoms with Crippen molar-refractivity contribution in [3.8, 4) is 11.5 Å². The predicted octanol–water partition coefficient (Wildman–Crippen LogP) is 1.31. The standard InChI is InChI=1S/C18H26NO9PS/c1-11(9-19(30(4,25)26)7-8-29(22,23)24)5-6-13-16(20)15-14(10-28-18(15)21)12(2)17(13)27-3/h5,20H,6-10H2,1-4H3,(H2,22,23,24)/b11-5+. The van der Waals surface area contributed by atoms with E-state index in [2.05, 4.69) is 0 Å². The third kappa shape index (κ3) is 5.61. The molecule has 0 bridgehead atoms. The second-order valence-electron chi connectivity index (χ2n) is 7.15. The Morgan fingerprint density at radius 3 is 2.53 bits per heavy atom. The van der Waals surface area contributed by atoms with Crippen LogP contribution in [0.2, 0.25) is 0 Å². The van der Waals surface area contributed by atoms with Gasteiger partial charge in [0.05, 0.1) is 19.5 Å². The number of carbonyl (C=O) groups is 1. The van der Waals surface area contributed by atoms with Gasteiger partial charge in [-0.2, -0.15) is 4.31 Å². The molecular formula is C18H26NO9PS. The highest BCUT2D eigenvalue weighted by molar-refractivity contribution is 7.88. The molecule has 1 aliphatic heterocycles. The normalized spacial score (nSPS) is 14.8. The maximum Gasteiger partial charge on any atom is 0.342 e. The van der Waals surface area contributed by atoms with E-state index in [1.807, 2.05) is 0 Å². The molecule has 0 fully saturated rings. The monoisotopic (exact) mass is 463 g/mol. The zero-order chi connectivity index (χ0) is 22.9. The summed E-state index contributed by atoms with van der Waals surface area (Å²) in [6.45, 7) is 3.07. The van der Waals surface area contributed by atoms with Crippen molar-refractivity contribution in [2.45, 2.75) is 26.9 Å². The number of esters is 1. The quantitative estimate of drug-likeness (QED) is 0.280. The van der Waals surface area contributed by atoms with Gasteiger partial charge in [-0.05, 0) is 25.8 Å². The number of hydrogen-bond donors (Lipinski definition) is 3. The third-order valence-corrected chi connectivity index (χ3v) is 6.87. The number of cyclic esters (lactones) is 1. The van der Waals surface area contributed by atoms with Gasteiger partial charge >= 0.3 is 13.6 Å². The first-order valence-corrected chi connectivity index (χ1v) is 12.6. The number of rotatable bonds is 9. The molecule has 0 aliphatic carbocycles. The summed E-state index contributed by atoms with van der Waals surface area (Å²) in [6.07, 6.45) is 2.19. The van der Waals surface area contributed by atoms with Gasteiger partial charge in [-0.15, -0.1) is 0 Å². The number of allylic oxidation sites excluding steroid dienone is 1. The van der Waals surface area contributed by atoms with Crippen molar-refractivity contribution < 1.29 is 42.1 Å². The fourth-order valence-electron chi connectivity index (χ4n) is 3.25. The first kappa shape index (κ1) is 24.4. The van der Waals surface area contributed by atoms with Crippen LogP contribution in [0.25, 0.3) is 0 Å². The average Bonchev–Trinajstić information content (AvgIpc) is 3.00. The Morgan fingerprint density at radius 2 is 2.00 bits per heavy atom. The van der Waals surface area contributed by atoms with Gasteiger partial charge in [0.25, 0.3) is 0 Å². The lowest BCUT2D eigenvalue weighted by Crippen LogP contribution is -2.34. The van der Waals surface area contributed by atoms with Gasteiger partial charge in [-0.25, -0.2) is 13.2 Å².